The van der Waals surface area contributed by atoms with Crippen LogP contribution in [0.4, 0.5) is 13.2 Å². The van der Waals surface area contributed by atoms with Crippen LogP contribution < -0.4 is 4.74 Å². The lowest BCUT2D eigenvalue weighted by atomic mass is 10.2. The number of aryl methyl sites for hydroxylation is 1. The van der Waals surface area contributed by atoms with Gasteiger partial charge in [-0.2, -0.15) is 0 Å². The summed E-state index contributed by atoms with van der Waals surface area (Å²) in [5, 5.41) is 8.55. The summed E-state index contributed by atoms with van der Waals surface area (Å²) in [4.78, 5) is 14.2. The lowest BCUT2D eigenvalue weighted by Gasteiger charge is -2.13. The monoisotopic (exact) mass is 361 g/mol. The molecule has 1 aromatic heterocycles. The summed E-state index contributed by atoms with van der Waals surface area (Å²) >= 11 is 1.57. The van der Waals surface area contributed by atoms with Crippen LogP contribution in [0.25, 0.3) is 0 Å². The van der Waals surface area contributed by atoms with Gasteiger partial charge in [0.1, 0.15) is 3.70 Å². The molecule has 0 radical (unpaired) electrons. The second-order valence-corrected chi connectivity index (χ2v) is 4.19. The molecule has 17 heavy (non-hydrogen) atoms. The molecule has 0 aliphatic heterocycles. The van der Waals surface area contributed by atoms with Crippen LogP contribution in [0.2, 0.25) is 0 Å². The van der Waals surface area contributed by atoms with Gasteiger partial charge in [0.15, 0.2) is 5.75 Å². The quantitative estimate of drug-likeness (QED) is 0.664. The van der Waals surface area contributed by atoms with E-state index in [1.807, 2.05) is 0 Å². The predicted octanol–water partition coefficient (Wildman–Crippen LogP) is 2.52. The number of carbonyl (C=O) groups is 1. The van der Waals surface area contributed by atoms with Gasteiger partial charge in [-0.15, -0.1) is 13.2 Å². The van der Waals surface area contributed by atoms with E-state index in [2.05, 4.69) is 9.72 Å². The first-order chi connectivity index (χ1) is 7.69. The Balaban J connectivity index is 3.06. The van der Waals surface area contributed by atoms with Gasteiger partial charge >= 0.3 is 12.3 Å². The average Bonchev–Trinajstić information content (AvgIpc) is 2.08. The summed E-state index contributed by atoms with van der Waals surface area (Å²) in [6.45, 7) is 1.40. The number of hydrogen-bond acceptors (Lipinski definition) is 3. The van der Waals surface area contributed by atoms with Gasteiger partial charge < -0.3 is 9.84 Å². The normalized spacial score (nSPS) is 11.4. The van der Waals surface area contributed by atoms with Gasteiger partial charge in [-0.05, 0) is 41.1 Å². The first-order valence-electron chi connectivity index (χ1n) is 4.32. The molecule has 0 bridgehead atoms. The van der Waals surface area contributed by atoms with Crippen molar-refractivity contribution in [2.45, 2.75) is 19.7 Å². The van der Waals surface area contributed by atoms with Crippen LogP contribution in [0.15, 0.2) is 6.07 Å². The number of hydrogen-bond donors (Lipinski definition) is 1. The van der Waals surface area contributed by atoms with E-state index < -0.39 is 18.1 Å². The molecular weight excluding hydrogens is 354 g/mol. The van der Waals surface area contributed by atoms with Crippen LogP contribution in [-0.4, -0.2) is 22.4 Å². The topological polar surface area (TPSA) is 59.4 Å². The number of carboxylic acid groups (broad SMARTS) is 1. The zero-order chi connectivity index (χ0) is 13.2. The van der Waals surface area contributed by atoms with Gasteiger partial charge in [0.05, 0.1) is 12.1 Å². The van der Waals surface area contributed by atoms with Crippen molar-refractivity contribution >= 4 is 28.6 Å². The minimum absolute atomic E-state index is 0.0174. The molecule has 1 N–H and O–H groups in total. The molecule has 0 saturated carbocycles. The molecule has 1 heterocycles. The van der Waals surface area contributed by atoms with Gasteiger partial charge in [0.2, 0.25) is 0 Å². The molecule has 0 fully saturated rings. The Hall–Kier alpha value is -1.06. The van der Waals surface area contributed by atoms with Crippen molar-refractivity contribution in [3.8, 4) is 5.75 Å². The van der Waals surface area contributed by atoms with Crippen molar-refractivity contribution in [2.75, 3.05) is 0 Å². The number of rotatable bonds is 3. The van der Waals surface area contributed by atoms with Crippen LogP contribution in [0.1, 0.15) is 11.3 Å². The molecule has 8 heteroatoms. The molecule has 94 valence electrons. The summed E-state index contributed by atoms with van der Waals surface area (Å²) in [6, 6.07) is 1.26. The fourth-order valence-corrected chi connectivity index (χ4v) is 2.02. The molecule has 1 rings (SSSR count). The third kappa shape index (κ3) is 4.36. The number of nitrogens with zero attached hydrogens (tertiary/aromatic N) is 1. The van der Waals surface area contributed by atoms with Crippen molar-refractivity contribution in [1.82, 2.24) is 4.98 Å². The Labute approximate surface area is 108 Å². The summed E-state index contributed by atoms with van der Waals surface area (Å²) in [5.74, 6) is -1.50. The first-order valence-corrected chi connectivity index (χ1v) is 5.40. The Morgan fingerprint density at radius 2 is 2.18 bits per heavy atom. The summed E-state index contributed by atoms with van der Waals surface area (Å²) in [6.07, 6.45) is -5.14. The highest BCUT2D eigenvalue weighted by molar-refractivity contribution is 14.1. The zero-order valence-electron chi connectivity index (χ0n) is 8.51. The van der Waals surface area contributed by atoms with E-state index in [4.69, 9.17) is 5.11 Å². The number of halogens is 4. The van der Waals surface area contributed by atoms with Gasteiger partial charge in [-0.25, -0.2) is 4.98 Å². The van der Waals surface area contributed by atoms with E-state index in [1.54, 1.807) is 22.6 Å². The lowest BCUT2D eigenvalue weighted by molar-refractivity contribution is -0.275. The Morgan fingerprint density at radius 3 is 2.59 bits per heavy atom. The number of aromatic nitrogens is 1. The van der Waals surface area contributed by atoms with E-state index in [9.17, 15) is 18.0 Å². The van der Waals surface area contributed by atoms with E-state index in [1.165, 1.54) is 13.0 Å². The SMILES string of the molecule is Cc1cc(CC(=O)O)nc(I)c1OC(F)(F)F. The van der Waals surface area contributed by atoms with Gasteiger partial charge in [0, 0.05) is 0 Å². The number of ether oxygens (including phenoxy) is 1. The highest BCUT2D eigenvalue weighted by Gasteiger charge is 2.33. The average molecular weight is 361 g/mol. The molecule has 0 saturated heterocycles. The molecule has 0 spiro atoms. The maximum atomic E-state index is 12.1. The van der Waals surface area contributed by atoms with E-state index in [0.717, 1.165) is 0 Å². The van der Waals surface area contributed by atoms with E-state index >= 15 is 0 Å². The van der Waals surface area contributed by atoms with Gasteiger partial charge in [0.25, 0.3) is 0 Å². The minimum atomic E-state index is -4.79. The number of aliphatic carboxylic acids is 1. The van der Waals surface area contributed by atoms with Crippen molar-refractivity contribution in [3.63, 3.8) is 0 Å². The number of pyridine rings is 1. The van der Waals surface area contributed by atoms with Crippen LogP contribution in [0.5, 0.6) is 5.75 Å². The molecule has 0 atom stereocenters. The van der Waals surface area contributed by atoms with Crippen molar-refractivity contribution < 1.29 is 27.8 Å². The highest BCUT2D eigenvalue weighted by atomic mass is 127. The molecule has 1 aromatic rings. The van der Waals surface area contributed by atoms with Crippen molar-refractivity contribution in [2.24, 2.45) is 0 Å². The molecular formula is C9H7F3INO3. The van der Waals surface area contributed by atoms with Crippen LogP contribution in [0.3, 0.4) is 0 Å². The van der Waals surface area contributed by atoms with Crippen molar-refractivity contribution in [1.29, 1.82) is 0 Å². The molecule has 0 aromatic carbocycles. The second-order valence-electron chi connectivity index (χ2n) is 3.17. The third-order valence-electron chi connectivity index (χ3n) is 1.72. The summed E-state index contributed by atoms with van der Waals surface area (Å²) < 4.78 is 40.0. The fourth-order valence-electron chi connectivity index (χ4n) is 1.17. The van der Waals surface area contributed by atoms with E-state index in [-0.39, 0.29) is 21.4 Å². The molecule has 0 unspecified atom stereocenters. The summed E-state index contributed by atoms with van der Waals surface area (Å²) in [5.41, 5.74) is 0.381. The van der Waals surface area contributed by atoms with Gasteiger partial charge in [-0.1, -0.05) is 0 Å². The molecule has 0 amide bonds. The maximum absolute atomic E-state index is 12.1. The standard InChI is InChI=1S/C9H7F3INO3/c1-4-2-5(3-6(15)16)14-8(13)7(4)17-9(10,11)12/h2H,3H2,1H3,(H,15,16). The fraction of sp³-hybridized carbons (Fsp3) is 0.333. The highest BCUT2D eigenvalue weighted by Crippen LogP contribution is 2.30. The van der Waals surface area contributed by atoms with Gasteiger partial charge in [-0.3, -0.25) is 4.79 Å². The largest absolute Gasteiger partial charge is 0.573 e. The Morgan fingerprint density at radius 1 is 1.59 bits per heavy atom. The maximum Gasteiger partial charge on any atom is 0.573 e. The molecule has 0 aliphatic carbocycles. The van der Waals surface area contributed by atoms with Crippen LogP contribution in [0, 0.1) is 10.6 Å². The summed E-state index contributed by atoms with van der Waals surface area (Å²) in [7, 11) is 0. The van der Waals surface area contributed by atoms with Crippen molar-refractivity contribution in [3.05, 3.63) is 21.0 Å². The van der Waals surface area contributed by atoms with Crippen LogP contribution >= 0.6 is 22.6 Å². The molecule has 4 nitrogen and oxygen atoms in total. The first kappa shape index (κ1) is 14.0. The van der Waals surface area contributed by atoms with E-state index in [0.29, 0.717) is 0 Å². The minimum Gasteiger partial charge on any atom is -0.481 e. The number of alkyl halides is 3. The van der Waals surface area contributed by atoms with Crippen LogP contribution in [-0.2, 0) is 11.2 Å². The number of carboxylic acids is 1. The second kappa shape index (κ2) is 5.07. The third-order valence-corrected chi connectivity index (χ3v) is 2.45. The Bertz CT molecular complexity index is 425. The Kier molecular flexibility index (Phi) is 4.17. The smallest absolute Gasteiger partial charge is 0.481 e. The lowest BCUT2D eigenvalue weighted by Crippen LogP contribution is -2.19. The molecule has 0 aliphatic rings. The predicted molar refractivity (Wildman–Crippen MR) is 59.7 cm³/mol. The zero-order valence-corrected chi connectivity index (χ0v) is 10.7.